The lowest BCUT2D eigenvalue weighted by Crippen LogP contribution is -2.16. The van der Waals surface area contributed by atoms with Crippen molar-refractivity contribution in [3.8, 4) is 6.07 Å². The normalized spacial score (nSPS) is 13.2. The standard InChI is InChI=1S/C9H7F2NO2S/c1-6(5-12)15(13,14)7-2-3-8(10)9(11)4-7/h2-4,6H,1H3. The van der Waals surface area contributed by atoms with Gasteiger partial charge in [-0.1, -0.05) is 0 Å². The van der Waals surface area contributed by atoms with E-state index in [1.54, 1.807) is 0 Å². The van der Waals surface area contributed by atoms with Crippen LogP contribution in [0.1, 0.15) is 6.92 Å². The Hall–Kier alpha value is -1.48. The van der Waals surface area contributed by atoms with E-state index in [9.17, 15) is 17.2 Å². The molecule has 0 aliphatic heterocycles. The third-order valence-electron chi connectivity index (χ3n) is 1.87. The van der Waals surface area contributed by atoms with Crippen LogP contribution in [0.5, 0.6) is 0 Å². The van der Waals surface area contributed by atoms with Gasteiger partial charge in [-0.05, 0) is 25.1 Å². The molecule has 0 fully saturated rings. The van der Waals surface area contributed by atoms with Crippen molar-refractivity contribution in [3.05, 3.63) is 29.8 Å². The van der Waals surface area contributed by atoms with Gasteiger partial charge in [0.15, 0.2) is 21.5 Å². The van der Waals surface area contributed by atoms with Crippen LogP contribution in [-0.4, -0.2) is 13.7 Å². The first-order valence-corrected chi connectivity index (χ1v) is 5.53. The zero-order valence-electron chi connectivity index (χ0n) is 7.74. The topological polar surface area (TPSA) is 57.9 Å². The maximum Gasteiger partial charge on any atom is 0.194 e. The molecule has 1 rings (SSSR count). The van der Waals surface area contributed by atoms with Gasteiger partial charge in [0.1, 0.15) is 5.25 Å². The predicted molar refractivity (Wildman–Crippen MR) is 48.6 cm³/mol. The number of benzene rings is 1. The van der Waals surface area contributed by atoms with E-state index >= 15 is 0 Å². The molecule has 0 amide bonds. The summed E-state index contributed by atoms with van der Waals surface area (Å²) in [6.45, 7) is 1.18. The van der Waals surface area contributed by atoms with Crippen molar-refractivity contribution in [1.82, 2.24) is 0 Å². The van der Waals surface area contributed by atoms with Crippen molar-refractivity contribution in [2.75, 3.05) is 0 Å². The number of hydrogen-bond acceptors (Lipinski definition) is 3. The summed E-state index contributed by atoms with van der Waals surface area (Å²) in [5.74, 6) is -2.38. The van der Waals surface area contributed by atoms with E-state index in [4.69, 9.17) is 5.26 Å². The van der Waals surface area contributed by atoms with Crippen LogP contribution >= 0.6 is 0 Å². The minimum Gasteiger partial charge on any atom is -0.222 e. The minimum absolute atomic E-state index is 0.393. The van der Waals surface area contributed by atoms with Crippen LogP contribution in [0.25, 0.3) is 0 Å². The van der Waals surface area contributed by atoms with Crippen LogP contribution in [0.2, 0.25) is 0 Å². The molecule has 0 radical (unpaired) electrons. The van der Waals surface area contributed by atoms with Gasteiger partial charge in [0.05, 0.1) is 11.0 Å². The lowest BCUT2D eigenvalue weighted by Gasteiger charge is -2.05. The first-order valence-electron chi connectivity index (χ1n) is 3.98. The Morgan fingerprint density at radius 2 is 1.93 bits per heavy atom. The Labute approximate surface area is 85.9 Å². The van der Waals surface area contributed by atoms with E-state index in [-0.39, 0.29) is 0 Å². The van der Waals surface area contributed by atoms with Gasteiger partial charge in [-0.15, -0.1) is 0 Å². The number of nitrogens with zero attached hydrogens (tertiary/aromatic N) is 1. The summed E-state index contributed by atoms with van der Waals surface area (Å²) in [7, 11) is -3.90. The van der Waals surface area contributed by atoms with Crippen LogP contribution in [0.3, 0.4) is 0 Å². The Bertz CT molecular complexity index is 519. The SMILES string of the molecule is CC(C#N)S(=O)(=O)c1ccc(F)c(F)c1. The van der Waals surface area contributed by atoms with Crippen molar-refractivity contribution in [2.45, 2.75) is 17.1 Å². The van der Waals surface area contributed by atoms with Gasteiger partial charge in [-0.2, -0.15) is 5.26 Å². The van der Waals surface area contributed by atoms with Gasteiger partial charge in [0, 0.05) is 0 Å². The Kier molecular flexibility index (Phi) is 3.05. The number of sulfone groups is 1. The van der Waals surface area contributed by atoms with E-state index in [0.717, 1.165) is 6.07 Å². The second kappa shape index (κ2) is 3.95. The molecule has 0 saturated heterocycles. The maximum atomic E-state index is 12.8. The molecule has 15 heavy (non-hydrogen) atoms. The molecule has 1 aromatic rings. The molecule has 0 spiro atoms. The Balaban J connectivity index is 3.30. The molecule has 1 aromatic carbocycles. The van der Waals surface area contributed by atoms with Crippen molar-refractivity contribution in [3.63, 3.8) is 0 Å². The van der Waals surface area contributed by atoms with E-state index in [1.807, 2.05) is 0 Å². The van der Waals surface area contributed by atoms with E-state index in [0.29, 0.717) is 12.1 Å². The van der Waals surface area contributed by atoms with Crippen LogP contribution < -0.4 is 0 Å². The molecular formula is C9H7F2NO2S. The third-order valence-corrected chi connectivity index (χ3v) is 3.81. The summed E-state index contributed by atoms with van der Waals surface area (Å²) in [4.78, 5) is -0.393. The monoisotopic (exact) mass is 231 g/mol. The Morgan fingerprint density at radius 1 is 1.33 bits per heavy atom. The second-order valence-electron chi connectivity index (χ2n) is 2.89. The molecular weight excluding hydrogens is 224 g/mol. The van der Waals surface area contributed by atoms with Gasteiger partial charge in [0.2, 0.25) is 0 Å². The summed E-state index contributed by atoms with van der Waals surface area (Å²) >= 11 is 0. The van der Waals surface area contributed by atoms with Crippen LogP contribution in [0, 0.1) is 23.0 Å². The molecule has 0 heterocycles. The first-order chi connectivity index (χ1) is 6.89. The fourth-order valence-electron chi connectivity index (χ4n) is 0.927. The fraction of sp³-hybridized carbons (Fsp3) is 0.222. The molecule has 80 valence electrons. The molecule has 1 unspecified atom stereocenters. The molecule has 6 heteroatoms. The molecule has 0 N–H and O–H groups in total. The van der Waals surface area contributed by atoms with Crippen molar-refractivity contribution in [1.29, 1.82) is 5.26 Å². The molecule has 0 aliphatic rings. The number of rotatable bonds is 2. The summed E-state index contributed by atoms with van der Waals surface area (Å²) in [6.07, 6.45) is 0. The highest BCUT2D eigenvalue weighted by atomic mass is 32.2. The predicted octanol–water partition coefficient (Wildman–Crippen LogP) is 1.65. The average Bonchev–Trinajstić information content (AvgIpc) is 2.20. The molecule has 0 bridgehead atoms. The van der Waals surface area contributed by atoms with Gasteiger partial charge in [-0.25, -0.2) is 17.2 Å². The van der Waals surface area contributed by atoms with Gasteiger partial charge in [-0.3, -0.25) is 0 Å². The number of hydrogen-bond donors (Lipinski definition) is 0. The van der Waals surface area contributed by atoms with Crippen molar-refractivity contribution < 1.29 is 17.2 Å². The fourth-order valence-corrected chi connectivity index (χ4v) is 2.00. The minimum atomic E-state index is -3.90. The largest absolute Gasteiger partial charge is 0.222 e. The average molecular weight is 231 g/mol. The molecule has 3 nitrogen and oxygen atoms in total. The summed E-state index contributed by atoms with van der Waals surface area (Å²) < 4.78 is 48.3. The van der Waals surface area contributed by atoms with Crippen molar-refractivity contribution in [2.24, 2.45) is 0 Å². The molecule has 0 aromatic heterocycles. The summed E-state index contributed by atoms with van der Waals surface area (Å²) in [6, 6.07) is 3.75. The zero-order valence-corrected chi connectivity index (χ0v) is 8.55. The van der Waals surface area contributed by atoms with Crippen LogP contribution in [0.15, 0.2) is 23.1 Å². The number of halogens is 2. The van der Waals surface area contributed by atoms with Crippen molar-refractivity contribution >= 4 is 9.84 Å². The van der Waals surface area contributed by atoms with Crippen LogP contribution in [0.4, 0.5) is 8.78 Å². The lowest BCUT2D eigenvalue weighted by atomic mass is 10.3. The smallest absolute Gasteiger partial charge is 0.194 e. The summed E-state index contributed by atoms with van der Waals surface area (Å²) in [5.41, 5.74) is 0. The van der Waals surface area contributed by atoms with Gasteiger partial charge >= 0.3 is 0 Å². The number of nitriles is 1. The molecule has 0 saturated carbocycles. The highest BCUT2D eigenvalue weighted by molar-refractivity contribution is 7.92. The van der Waals surface area contributed by atoms with Gasteiger partial charge < -0.3 is 0 Å². The quantitative estimate of drug-likeness (QED) is 0.727. The maximum absolute atomic E-state index is 12.8. The zero-order chi connectivity index (χ0) is 11.6. The first kappa shape index (κ1) is 11.6. The van der Waals surface area contributed by atoms with E-state index in [1.165, 1.54) is 13.0 Å². The second-order valence-corrected chi connectivity index (χ2v) is 5.16. The highest BCUT2D eigenvalue weighted by Gasteiger charge is 2.23. The lowest BCUT2D eigenvalue weighted by molar-refractivity contribution is 0.504. The molecule has 1 atom stereocenters. The van der Waals surface area contributed by atoms with E-state index in [2.05, 4.69) is 0 Å². The third kappa shape index (κ3) is 2.13. The van der Waals surface area contributed by atoms with E-state index < -0.39 is 31.6 Å². The van der Waals surface area contributed by atoms with Gasteiger partial charge in [0.25, 0.3) is 0 Å². The molecule has 0 aliphatic carbocycles. The highest BCUT2D eigenvalue weighted by Crippen LogP contribution is 2.18. The Morgan fingerprint density at radius 3 is 2.40 bits per heavy atom. The van der Waals surface area contributed by atoms with Crippen LogP contribution in [-0.2, 0) is 9.84 Å². The summed E-state index contributed by atoms with van der Waals surface area (Å²) in [5, 5.41) is 7.17.